The van der Waals surface area contributed by atoms with Crippen LogP contribution in [-0.4, -0.2) is 84.9 Å². The Bertz CT molecular complexity index is 1760. The number of rotatable bonds is 11. The number of benzene rings is 3. The summed E-state index contributed by atoms with van der Waals surface area (Å²) in [5.41, 5.74) is 9.22. The van der Waals surface area contributed by atoms with Gasteiger partial charge in [-0.25, -0.2) is 4.79 Å². The summed E-state index contributed by atoms with van der Waals surface area (Å²) in [5, 5.41) is 3.32. The Kier molecular flexibility index (Phi) is 10.0. The number of anilines is 1. The van der Waals surface area contributed by atoms with Crippen molar-refractivity contribution in [3.05, 3.63) is 101 Å². The third-order valence-electron chi connectivity index (χ3n) is 8.58. The van der Waals surface area contributed by atoms with Gasteiger partial charge in [0.15, 0.2) is 0 Å². The number of aromatic nitrogens is 2. The molecule has 1 unspecified atom stereocenters. The van der Waals surface area contributed by atoms with Crippen LogP contribution in [0, 0.1) is 5.92 Å². The molecule has 6 rings (SSSR count). The monoisotopic (exact) mass is 638 g/mol. The number of nitrogens with two attached hydrogens (primary N) is 1. The van der Waals surface area contributed by atoms with E-state index in [1.54, 1.807) is 9.13 Å². The smallest absolute Gasteiger partial charge is 0.334 e. The average Bonchev–Trinajstić information content (AvgIpc) is 3.39. The van der Waals surface area contributed by atoms with E-state index in [1.165, 1.54) is 0 Å². The van der Waals surface area contributed by atoms with E-state index in [0.717, 1.165) is 29.9 Å². The fourth-order valence-electron chi connectivity index (χ4n) is 6.24. The summed E-state index contributed by atoms with van der Waals surface area (Å²) in [6.07, 6.45) is 0.231. The van der Waals surface area contributed by atoms with E-state index in [1.807, 2.05) is 90.7 Å². The predicted molar refractivity (Wildman–Crippen MR) is 181 cm³/mol. The van der Waals surface area contributed by atoms with Crippen LogP contribution in [0.5, 0.6) is 5.75 Å². The number of nitrogens with zero attached hydrogens (tertiary/aromatic N) is 4. The minimum Gasteiger partial charge on any atom is -0.493 e. The van der Waals surface area contributed by atoms with Gasteiger partial charge in [-0.2, -0.15) is 0 Å². The van der Waals surface area contributed by atoms with Gasteiger partial charge in [0.2, 0.25) is 5.91 Å². The first-order valence-electron chi connectivity index (χ1n) is 16.2. The van der Waals surface area contributed by atoms with Crippen LogP contribution in [0.2, 0.25) is 0 Å². The highest BCUT2D eigenvalue weighted by molar-refractivity contribution is 5.99. The van der Waals surface area contributed by atoms with Crippen molar-refractivity contribution in [2.24, 2.45) is 11.7 Å². The highest BCUT2D eigenvalue weighted by Gasteiger charge is 2.31. The topological polar surface area (TPSA) is 124 Å². The molecule has 1 atom stereocenters. The molecular weight excluding hydrogens is 596 g/mol. The molecule has 2 aliphatic heterocycles. The van der Waals surface area contributed by atoms with E-state index < -0.39 is 0 Å². The lowest BCUT2D eigenvalue weighted by molar-refractivity contribution is -0.119. The summed E-state index contributed by atoms with van der Waals surface area (Å²) >= 11 is 0. The van der Waals surface area contributed by atoms with Crippen LogP contribution in [0.25, 0.3) is 16.9 Å². The number of primary amides is 1. The number of ether oxygens (including phenoxy) is 2. The van der Waals surface area contributed by atoms with Gasteiger partial charge in [-0.05, 0) is 41.8 Å². The maximum absolute atomic E-state index is 14.7. The van der Waals surface area contributed by atoms with Crippen LogP contribution in [0.3, 0.4) is 0 Å². The molecule has 2 amide bonds. The molecule has 4 aromatic rings. The zero-order valence-corrected chi connectivity index (χ0v) is 26.8. The van der Waals surface area contributed by atoms with Gasteiger partial charge < -0.3 is 30.3 Å². The molecule has 3 heterocycles. The Hall–Kier alpha value is -4.87. The second-order valence-corrected chi connectivity index (χ2v) is 12.2. The van der Waals surface area contributed by atoms with Crippen molar-refractivity contribution in [1.82, 2.24) is 19.4 Å². The first-order chi connectivity index (χ1) is 22.9. The van der Waals surface area contributed by atoms with Gasteiger partial charge in [-0.15, -0.1) is 0 Å². The number of piperazine rings is 1. The van der Waals surface area contributed by atoms with Gasteiger partial charge in [0.1, 0.15) is 11.4 Å². The third-order valence-corrected chi connectivity index (χ3v) is 8.58. The minimum absolute atomic E-state index is 0.0438. The lowest BCUT2D eigenvalue weighted by Crippen LogP contribution is -2.47. The maximum atomic E-state index is 14.7. The molecule has 3 N–H and O–H groups in total. The summed E-state index contributed by atoms with van der Waals surface area (Å²) in [5.74, 6) is 0.0174. The second-order valence-electron chi connectivity index (χ2n) is 12.2. The quantitative estimate of drug-likeness (QED) is 0.259. The molecule has 1 aromatic heterocycles. The first-order valence-corrected chi connectivity index (χ1v) is 16.2. The van der Waals surface area contributed by atoms with Gasteiger partial charge in [0.25, 0.3) is 5.91 Å². The zero-order chi connectivity index (χ0) is 32.8. The van der Waals surface area contributed by atoms with E-state index in [4.69, 9.17) is 15.2 Å². The largest absolute Gasteiger partial charge is 0.493 e. The molecule has 0 spiro atoms. The van der Waals surface area contributed by atoms with Crippen LogP contribution in [0.15, 0.2) is 83.7 Å². The fraction of sp³-hybridized carbons (Fsp3) is 0.361. The van der Waals surface area contributed by atoms with E-state index in [9.17, 15) is 14.4 Å². The van der Waals surface area contributed by atoms with Gasteiger partial charge in [0, 0.05) is 56.9 Å². The standard InChI is InChI=1S/C36H42N6O5/c1-26(21-32(37)43)25-47-31-12-5-7-27(22-31)24-41-34(35(44)40-15-13-38-14-16-40)33(28-8-3-2-4-9-28)42(36(41)45)30-11-6-10-29(23-30)39-17-19-46-20-18-39/h2-12,22-23,26,38H,13-21,24-25H2,1H3,(H2,37,43). The second kappa shape index (κ2) is 14.7. The van der Waals surface area contributed by atoms with Crippen LogP contribution in [0.4, 0.5) is 5.69 Å². The molecule has 11 heteroatoms. The Balaban J connectivity index is 1.46. The molecule has 0 aliphatic carbocycles. The van der Waals surface area contributed by atoms with Crippen LogP contribution >= 0.6 is 0 Å². The van der Waals surface area contributed by atoms with Crippen LogP contribution in [0.1, 0.15) is 29.4 Å². The summed E-state index contributed by atoms with van der Waals surface area (Å²) in [4.78, 5) is 44.6. The van der Waals surface area contributed by atoms with Crippen LogP contribution in [-0.2, 0) is 16.1 Å². The van der Waals surface area contributed by atoms with Crippen molar-refractivity contribution < 1.29 is 19.1 Å². The molecule has 0 bridgehead atoms. The molecule has 3 aromatic carbocycles. The molecule has 47 heavy (non-hydrogen) atoms. The number of carbonyl (C=O) groups is 2. The van der Waals surface area contributed by atoms with Crippen molar-refractivity contribution in [3.63, 3.8) is 0 Å². The number of amides is 2. The number of carbonyl (C=O) groups excluding carboxylic acids is 2. The highest BCUT2D eigenvalue weighted by Crippen LogP contribution is 2.30. The fourth-order valence-corrected chi connectivity index (χ4v) is 6.24. The van der Waals surface area contributed by atoms with Crippen molar-refractivity contribution >= 4 is 17.5 Å². The number of nitrogens with one attached hydrogen (secondary N) is 1. The Labute approximate surface area is 274 Å². The van der Waals surface area contributed by atoms with Crippen molar-refractivity contribution in [2.75, 3.05) is 64.0 Å². The van der Waals surface area contributed by atoms with Crippen molar-refractivity contribution in [2.45, 2.75) is 19.9 Å². The van der Waals surface area contributed by atoms with Gasteiger partial charge in [-0.3, -0.25) is 18.7 Å². The minimum atomic E-state index is -0.370. The number of hydrogen-bond donors (Lipinski definition) is 2. The lowest BCUT2D eigenvalue weighted by atomic mass is 10.1. The molecule has 2 fully saturated rings. The molecule has 246 valence electrons. The Morgan fingerprint density at radius 2 is 1.64 bits per heavy atom. The van der Waals surface area contributed by atoms with Gasteiger partial charge >= 0.3 is 5.69 Å². The molecule has 2 saturated heterocycles. The molecule has 2 aliphatic rings. The molecule has 0 radical (unpaired) electrons. The summed E-state index contributed by atoms with van der Waals surface area (Å²) in [7, 11) is 0. The lowest BCUT2D eigenvalue weighted by Gasteiger charge is -2.29. The van der Waals surface area contributed by atoms with Crippen molar-refractivity contribution in [3.8, 4) is 22.7 Å². The Morgan fingerprint density at radius 3 is 2.38 bits per heavy atom. The summed E-state index contributed by atoms with van der Waals surface area (Å²) in [6.45, 7) is 7.68. The molecule has 11 nitrogen and oxygen atoms in total. The first kappa shape index (κ1) is 32.1. The molecule has 0 saturated carbocycles. The van der Waals surface area contributed by atoms with E-state index >= 15 is 0 Å². The average molecular weight is 639 g/mol. The number of imidazole rings is 1. The summed E-state index contributed by atoms with van der Waals surface area (Å²) in [6, 6.07) is 25.1. The van der Waals surface area contributed by atoms with E-state index in [-0.39, 0.29) is 36.4 Å². The number of morpholine rings is 1. The van der Waals surface area contributed by atoms with Gasteiger partial charge in [0.05, 0.1) is 37.7 Å². The SMILES string of the molecule is CC(COc1cccc(Cn2c(C(=O)N3CCNCC3)c(-c3ccccc3)n(-c3cccc(N4CCOCC4)c3)c2=O)c1)CC(N)=O. The predicted octanol–water partition coefficient (Wildman–Crippen LogP) is 3.13. The van der Waals surface area contributed by atoms with Gasteiger partial charge in [-0.1, -0.05) is 55.5 Å². The van der Waals surface area contributed by atoms with Crippen LogP contribution < -0.4 is 26.4 Å². The van der Waals surface area contributed by atoms with E-state index in [0.29, 0.717) is 68.8 Å². The highest BCUT2D eigenvalue weighted by atomic mass is 16.5. The zero-order valence-electron chi connectivity index (χ0n) is 26.8. The normalized spacial score (nSPS) is 15.8. The third kappa shape index (κ3) is 7.42. The summed E-state index contributed by atoms with van der Waals surface area (Å²) < 4.78 is 14.8. The Morgan fingerprint density at radius 1 is 0.915 bits per heavy atom. The molecular formula is C36H42N6O5. The maximum Gasteiger partial charge on any atom is 0.334 e. The number of hydrogen-bond acceptors (Lipinski definition) is 7. The van der Waals surface area contributed by atoms with Crippen molar-refractivity contribution in [1.29, 1.82) is 0 Å². The van der Waals surface area contributed by atoms with E-state index in [2.05, 4.69) is 10.2 Å².